The molecule has 0 saturated heterocycles. The maximum Gasteiger partial charge on any atom is 0.333 e. The second kappa shape index (κ2) is 8.41. The van der Waals surface area contributed by atoms with E-state index >= 15 is 0 Å². The number of esters is 2. The van der Waals surface area contributed by atoms with Crippen molar-refractivity contribution in [3.63, 3.8) is 0 Å². The van der Waals surface area contributed by atoms with Crippen LogP contribution in [0.5, 0.6) is 5.75 Å². The van der Waals surface area contributed by atoms with Crippen molar-refractivity contribution < 1.29 is 19.1 Å². The van der Waals surface area contributed by atoms with Crippen LogP contribution in [0.4, 0.5) is 0 Å². The summed E-state index contributed by atoms with van der Waals surface area (Å²) in [6.45, 7) is 4.86. The Morgan fingerprint density at radius 2 is 2.10 bits per heavy atom. The summed E-state index contributed by atoms with van der Waals surface area (Å²) in [5, 5.41) is -0.382. The molecule has 21 heavy (non-hydrogen) atoms. The molecule has 0 heterocycles. The number of carbonyl (C=O) groups excluding carboxylic acids is 2. The first-order valence-electron chi connectivity index (χ1n) is 5.92. The second-order valence-corrected chi connectivity index (χ2v) is 6.17. The monoisotopic (exact) mass is 394 g/mol. The lowest BCUT2D eigenvalue weighted by Crippen LogP contribution is -2.20. The Labute approximate surface area is 141 Å². The smallest absolute Gasteiger partial charge is 0.333 e. The van der Waals surface area contributed by atoms with Crippen LogP contribution in [0.3, 0.4) is 0 Å². The molecule has 1 aromatic rings. The van der Waals surface area contributed by atoms with Gasteiger partial charge in [-0.3, -0.25) is 4.79 Å². The molecular weight excluding hydrogens is 383 g/mol. The van der Waals surface area contributed by atoms with E-state index in [2.05, 4.69) is 22.5 Å². The fraction of sp³-hybridized carbons (Fsp3) is 0.286. The van der Waals surface area contributed by atoms with Crippen LogP contribution in [0.1, 0.15) is 13.3 Å². The van der Waals surface area contributed by atoms with Crippen LogP contribution in [-0.4, -0.2) is 23.9 Å². The van der Waals surface area contributed by atoms with Crippen molar-refractivity contribution in [3.05, 3.63) is 39.8 Å². The van der Waals surface area contributed by atoms with Gasteiger partial charge >= 0.3 is 11.9 Å². The zero-order chi connectivity index (χ0) is 16.0. The first-order chi connectivity index (χ1) is 9.79. The van der Waals surface area contributed by atoms with Crippen LogP contribution in [0.25, 0.3) is 0 Å². The van der Waals surface area contributed by atoms with Gasteiger partial charge in [0.15, 0.2) is 0 Å². The minimum Gasteiger partial charge on any atom is -0.461 e. The van der Waals surface area contributed by atoms with Crippen molar-refractivity contribution in [2.24, 2.45) is 0 Å². The number of alkyl halides is 1. The van der Waals surface area contributed by atoms with Crippen LogP contribution < -0.4 is 4.74 Å². The number of halogens is 3. The van der Waals surface area contributed by atoms with E-state index in [4.69, 9.17) is 32.7 Å². The molecule has 0 aliphatic heterocycles. The molecule has 7 heteroatoms. The number of hydrogen-bond acceptors (Lipinski definition) is 4. The maximum absolute atomic E-state index is 11.7. The fourth-order valence-corrected chi connectivity index (χ4v) is 2.15. The van der Waals surface area contributed by atoms with Gasteiger partial charge in [-0.05, 0) is 25.1 Å². The predicted octanol–water partition coefficient (Wildman–Crippen LogP) is 4.12. The van der Waals surface area contributed by atoms with Crippen LogP contribution in [0, 0.1) is 0 Å². The Morgan fingerprint density at radius 1 is 1.43 bits per heavy atom. The van der Waals surface area contributed by atoms with Crippen LogP contribution in [-0.2, 0) is 14.3 Å². The van der Waals surface area contributed by atoms with E-state index in [1.165, 1.54) is 6.92 Å². The second-order valence-electron chi connectivity index (χ2n) is 4.23. The Balaban J connectivity index is 2.46. The van der Waals surface area contributed by atoms with E-state index in [0.717, 1.165) is 4.47 Å². The van der Waals surface area contributed by atoms with Gasteiger partial charge < -0.3 is 9.47 Å². The molecule has 0 N–H and O–H groups in total. The third-order valence-corrected chi connectivity index (χ3v) is 3.32. The molecule has 0 aliphatic carbocycles. The molecule has 0 fully saturated rings. The van der Waals surface area contributed by atoms with Crippen LogP contribution >= 0.6 is 39.1 Å². The number of ether oxygens (including phenoxy) is 2. The van der Waals surface area contributed by atoms with Crippen molar-refractivity contribution in [2.45, 2.75) is 18.7 Å². The van der Waals surface area contributed by atoms with Gasteiger partial charge in [0.05, 0.1) is 16.8 Å². The lowest BCUT2D eigenvalue weighted by Gasteiger charge is -2.11. The summed E-state index contributed by atoms with van der Waals surface area (Å²) in [6.07, 6.45) is -0.114. The topological polar surface area (TPSA) is 52.6 Å². The molecule has 1 atom stereocenters. The largest absolute Gasteiger partial charge is 0.461 e. The fourth-order valence-electron chi connectivity index (χ4n) is 1.25. The molecule has 4 nitrogen and oxygen atoms in total. The first-order valence-corrected chi connectivity index (χ1v) is 7.52. The van der Waals surface area contributed by atoms with Crippen molar-refractivity contribution in [2.75, 3.05) is 6.61 Å². The van der Waals surface area contributed by atoms with Gasteiger partial charge in [-0.1, -0.05) is 34.1 Å². The van der Waals surface area contributed by atoms with Gasteiger partial charge in [-0.25, -0.2) is 4.79 Å². The molecule has 1 aromatic carbocycles. The maximum atomic E-state index is 11.7. The first kappa shape index (κ1) is 18.0. The van der Waals surface area contributed by atoms with Gasteiger partial charge in [-0.2, -0.15) is 0 Å². The highest BCUT2D eigenvalue weighted by Gasteiger charge is 2.16. The van der Waals surface area contributed by atoms with Gasteiger partial charge in [0.1, 0.15) is 12.4 Å². The van der Waals surface area contributed by atoms with E-state index in [1.54, 1.807) is 18.2 Å². The van der Waals surface area contributed by atoms with E-state index in [1.807, 2.05) is 0 Å². The van der Waals surface area contributed by atoms with Crippen molar-refractivity contribution >= 4 is 51.1 Å². The molecule has 1 rings (SSSR count). The Bertz CT molecular complexity index is 560. The number of carbonyl (C=O) groups is 2. The Morgan fingerprint density at radius 3 is 2.67 bits per heavy atom. The van der Waals surface area contributed by atoms with E-state index in [0.29, 0.717) is 5.02 Å². The molecule has 0 amide bonds. The van der Waals surface area contributed by atoms with E-state index in [9.17, 15) is 9.59 Å². The zero-order valence-corrected chi connectivity index (χ0v) is 14.3. The lowest BCUT2D eigenvalue weighted by atomic mass is 10.3. The molecule has 0 aromatic heterocycles. The predicted molar refractivity (Wildman–Crippen MR) is 84.8 cm³/mol. The van der Waals surface area contributed by atoms with Gasteiger partial charge in [-0.15, -0.1) is 11.6 Å². The third-order valence-electron chi connectivity index (χ3n) is 2.25. The molecule has 0 aliphatic rings. The highest BCUT2D eigenvalue weighted by atomic mass is 79.9. The summed E-state index contributed by atoms with van der Waals surface area (Å²) >= 11 is 15.1. The summed E-state index contributed by atoms with van der Waals surface area (Å²) < 4.78 is 10.7. The number of hydrogen-bond donors (Lipinski definition) is 0. The zero-order valence-electron chi connectivity index (χ0n) is 11.2. The minimum atomic E-state index is -0.685. The molecule has 0 radical (unpaired) electrons. The third kappa shape index (κ3) is 6.50. The van der Waals surface area contributed by atoms with Crippen molar-refractivity contribution in [1.29, 1.82) is 0 Å². The summed E-state index contributed by atoms with van der Waals surface area (Å²) in [5.41, 5.74) is 0.267. The van der Waals surface area contributed by atoms with Crippen molar-refractivity contribution in [3.8, 4) is 5.75 Å². The number of rotatable bonds is 6. The van der Waals surface area contributed by atoms with Gasteiger partial charge in [0.2, 0.25) is 0 Å². The van der Waals surface area contributed by atoms with Crippen LogP contribution in [0.2, 0.25) is 5.02 Å². The average molecular weight is 396 g/mol. The number of benzene rings is 1. The Kier molecular flexibility index (Phi) is 7.22. The summed E-state index contributed by atoms with van der Waals surface area (Å²) in [7, 11) is 0. The van der Waals surface area contributed by atoms with E-state index < -0.39 is 17.3 Å². The van der Waals surface area contributed by atoms with E-state index in [-0.39, 0.29) is 24.4 Å². The molecule has 0 saturated carbocycles. The highest BCUT2D eigenvalue weighted by Crippen LogP contribution is 2.28. The molecule has 114 valence electrons. The van der Waals surface area contributed by atoms with Gasteiger partial charge in [0, 0.05) is 10.0 Å². The normalized spacial score (nSPS) is 11.6. The summed E-state index contributed by atoms with van der Waals surface area (Å²) in [5.74, 6) is -0.872. The standard InChI is InChI=1S/C14H13BrCl2O4/c1-8(2)14(19)20-7-10(16)6-13(18)21-12-4-3-9(15)5-11(12)17/h3-5,10H,1,6-7H2,2H3. The van der Waals surface area contributed by atoms with Gasteiger partial charge in [0.25, 0.3) is 0 Å². The lowest BCUT2D eigenvalue weighted by molar-refractivity contribution is -0.140. The molecular formula is C14H13BrCl2O4. The molecule has 1 unspecified atom stereocenters. The quantitative estimate of drug-likeness (QED) is 0.314. The highest BCUT2D eigenvalue weighted by molar-refractivity contribution is 9.10. The molecule has 0 bridgehead atoms. The minimum absolute atomic E-state index is 0.101. The van der Waals surface area contributed by atoms with Crippen molar-refractivity contribution in [1.82, 2.24) is 0 Å². The SMILES string of the molecule is C=C(C)C(=O)OCC(Cl)CC(=O)Oc1ccc(Br)cc1Cl. The Hall–Kier alpha value is -1.04. The van der Waals surface area contributed by atoms with Crippen LogP contribution in [0.15, 0.2) is 34.8 Å². The summed E-state index contributed by atoms with van der Waals surface area (Å²) in [4.78, 5) is 22.9. The molecule has 0 spiro atoms. The average Bonchev–Trinajstić information content (AvgIpc) is 2.39. The summed E-state index contributed by atoms with van der Waals surface area (Å²) in [6, 6.07) is 4.87.